The summed E-state index contributed by atoms with van der Waals surface area (Å²) in [5.41, 5.74) is 0.738. The highest BCUT2D eigenvalue weighted by Crippen LogP contribution is 2.31. The van der Waals surface area contributed by atoms with Gasteiger partial charge in [-0.15, -0.1) is 0 Å². The van der Waals surface area contributed by atoms with Gasteiger partial charge >= 0.3 is 5.97 Å². The van der Waals surface area contributed by atoms with Gasteiger partial charge in [0.1, 0.15) is 5.75 Å². The zero-order valence-electron chi connectivity index (χ0n) is 10.1. The molecule has 1 N–H and O–H groups in total. The normalized spacial score (nSPS) is 12.4. The third kappa shape index (κ3) is 2.27. The lowest BCUT2D eigenvalue weighted by molar-refractivity contribution is -0.138. The van der Waals surface area contributed by atoms with E-state index in [4.69, 9.17) is 21.4 Å². The Morgan fingerprint density at radius 1 is 1.33 bits per heavy atom. The predicted molar refractivity (Wildman–Crippen MR) is 71.6 cm³/mol. The lowest BCUT2D eigenvalue weighted by Gasteiger charge is -2.10. The Kier molecular flexibility index (Phi) is 3.43. The topological polar surface area (TPSA) is 46.5 Å². The van der Waals surface area contributed by atoms with Crippen LogP contribution in [0.1, 0.15) is 18.4 Å². The van der Waals surface area contributed by atoms with Gasteiger partial charge in [-0.3, -0.25) is 4.79 Å². The third-order valence-corrected chi connectivity index (χ3v) is 3.32. The number of carboxylic acids is 1. The van der Waals surface area contributed by atoms with Crippen molar-refractivity contribution in [1.82, 2.24) is 0 Å². The molecule has 94 valence electrons. The van der Waals surface area contributed by atoms with Gasteiger partial charge < -0.3 is 9.84 Å². The standard InChI is InChI=1S/C14H13ClO3/c1-8(14(16)17)9-3-4-10-5-11(18-2)7-13(15)12(10)6-9/h3-8H,1-2H3,(H,16,17)/t8-/m0/s1. The number of hydrogen-bond acceptors (Lipinski definition) is 2. The van der Waals surface area contributed by atoms with Gasteiger partial charge in [-0.25, -0.2) is 0 Å². The van der Waals surface area contributed by atoms with Crippen LogP contribution in [0.2, 0.25) is 5.02 Å². The maximum absolute atomic E-state index is 11.0. The third-order valence-electron chi connectivity index (χ3n) is 3.01. The summed E-state index contributed by atoms with van der Waals surface area (Å²) in [6.07, 6.45) is 0. The summed E-state index contributed by atoms with van der Waals surface area (Å²) in [5, 5.41) is 11.3. The quantitative estimate of drug-likeness (QED) is 0.920. The van der Waals surface area contributed by atoms with Gasteiger partial charge in [-0.05, 0) is 36.1 Å². The van der Waals surface area contributed by atoms with E-state index in [0.717, 1.165) is 16.3 Å². The predicted octanol–water partition coefficient (Wildman–Crippen LogP) is 3.69. The van der Waals surface area contributed by atoms with Crippen LogP contribution in [0, 0.1) is 0 Å². The second-order valence-electron chi connectivity index (χ2n) is 4.15. The van der Waals surface area contributed by atoms with Crippen molar-refractivity contribution in [3.8, 4) is 5.75 Å². The van der Waals surface area contributed by atoms with E-state index in [9.17, 15) is 4.79 Å². The Hall–Kier alpha value is -1.74. The molecule has 0 aliphatic rings. The maximum atomic E-state index is 11.0. The van der Waals surface area contributed by atoms with E-state index in [1.165, 1.54) is 0 Å². The van der Waals surface area contributed by atoms with E-state index in [2.05, 4.69) is 0 Å². The van der Waals surface area contributed by atoms with E-state index in [1.54, 1.807) is 26.2 Å². The van der Waals surface area contributed by atoms with Crippen LogP contribution in [-0.2, 0) is 4.79 Å². The first-order valence-electron chi connectivity index (χ1n) is 5.53. The Balaban J connectivity index is 2.58. The molecule has 3 nitrogen and oxygen atoms in total. The van der Waals surface area contributed by atoms with Crippen molar-refractivity contribution in [1.29, 1.82) is 0 Å². The highest BCUT2D eigenvalue weighted by Gasteiger charge is 2.14. The van der Waals surface area contributed by atoms with Gasteiger partial charge in [-0.2, -0.15) is 0 Å². The van der Waals surface area contributed by atoms with Crippen LogP contribution in [0.4, 0.5) is 0 Å². The molecule has 0 heterocycles. The van der Waals surface area contributed by atoms with Gasteiger partial charge in [0.25, 0.3) is 0 Å². The van der Waals surface area contributed by atoms with Crippen molar-refractivity contribution in [3.05, 3.63) is 40.9 Å². The number of methoxy groups -OCH3 is 1. The zero-order valence-corrected chi connectivity index (χ0v) is 10.9. The van der Waals surface area contributed by atoms with Crippen LogP contribution in [-0.4, -0.2) is 18.2 Å². The number of aliphatic carboxylic acids is 1. The molecule has 0 radical (unpaired) electrons. The number of carbonyl (C=O) groups is 1. The van der Waals surface area contributed by atoms with Crippen molar-refractivity contribution >= 4 is 28.3 Å². The average Bonchev–Trinajstić information content (AvgIpc) is 2.37. The minimum Gasteiger partial charge on any atom is -0.497 e. The summed E-state index contributed by atoms with van der Waals surface area (Å²) >= 11 is 6.17. The molecule has 0 aliphatic carbocycles. The van der Waals surface area contributed by atoms with E-state index in [-0.39, 0.29) is 0 Å². The summed E-state index contributed by atoms with van der Waals surface area (Å²) in [6, 6.07) is 9.07. The van der Waals surface area contributed by atoms with Crippen LogP contribution < -0.4 is 4.74 Å². The van der Waals surface area contributed by atoms with Gasteiger partial charge in [0.05, 0.1) is 18.1 Å². The van der Waals surface area contributed by atoms with Gasteiger partial charge in [-0.1, -0.05) is 23.7 Å². The summed E-state index contributed by atoms with van der Waals surface area (Å²) in [7, 11) is 1.58. The molecule has 0 bridgehead atoms. The second-order valence-corrected chi connectivity index (χ2v) is 4.56. The smallest absolute Gasteiger partial charge is 0.310 e. The minimum atomic E-state index is -0.848. The van der Waals surface area contributed by atoms with Crippen LogP contribution >= 0.6 is 11.6 Å². The first-order chi connectivity index (χ1) is 8.52. The molecule has 2 aromatic rings. The fourth-order valence-corrected chi connectivity index (χ4v) is 2.11. The van der Waals surface area contributed by atoms with E-state index >= 15 is 0 Å². The molecule has 0 spiro atoms. The molecule has 0 amide bonds. The molecule has 0 saturated carbocycles. The molecule has 0 aromatic heterocycles. The summed E-state index contributed by atoms with van der Waals surface area (Å²) in [5.74, 6) is -0.710. The first-order valence-corrected chi connectivity index (χ1v) is 5.90. The van der Waals surface area contributed by atoms with Crippen molar-refractivity contribution in [3.63, 3.8) is 0 Å². The largest absolute Gasteiger partial charge is 0.497 e. The highest BCUT2D eigenvalue weighted by atomic mass is 35.5. The number of hydrogen-bond donors (Lipinski definition) is 1. The summed E-state index contributed by atoms with van der Waals surface area (Å²) in [6.45, 7) is 1.65. The Morgan fingerprint density at radius 2 is 2.06 bits per heavy atom. The fourth-order valence-electron chi connectivity index (χ4n) is 1.83. The summed E-state index contributed by atoms with van der Waals surface area (Å²) < 4.78 is 5.14. The van der Waals surface area contributed by atoms with Crippen LogP contribution in [0.15, 0.2) is 30.3 Å². The Labute approximate surface area is 110 Å². The number of carboxylic acid groups (broad SMARTS) is 1. The molecule has 2 rings (SSSR count). The molecule has 0 aliphatic heterocycles. The summed E-state index contributed by atoms with van der Waals surface area (Å²) in [4.78, 5) is 11.0. The molecule has 0 saturated heterocycles. The van der Waals surface area contributed by atoms with E-state index < -0.39 is 11.9 Å². The van der Waals surface area contributed by atoms with Gasteiger partial charge in [0, 0.05) is 5.39 Å². The number of benzene rings is 2. The van der Waals surface area contributed by atoms with Crippen molar-refractivity contribution in [2.45, 2.75) is 12.8 Å². The van der Waals surface area contributed by atoms with Crippen molar-refractivity contribution in [2.75, 3.05) is 7.11 Å². The minimum absolute atomic E-state index is 0.549. The first kappa shape index (κ1) is 12.7. The van der Waals surface area contributed by atoms with Gasteiger partial charge in [0.2, 0.25) is 0 Å². The number of rotatable bonds is 3. The van der Waals surface area contributed by atoms with E-state index in [1.807, 2.05) is 18.2 Å². The van der Waals surface area contributed by atoms with Crippen LogP contribution in [0.5, 0.6) is 5.75 Å². The number of halogens is 1. The molecule has 0 unspecified atom stereocenters. The van der Waals surface area contributed by atoms with E-state index in [0.29, 0.717) is 10.8 Å². The van der Waals surface area contributed by atoms with Crippen molar-refractivity contribution in [2.24, 2.45) is 0 Å². The van der Waals surface area contributed by atoms with Gasteiger partial charge in [0.15, 0.2) is 0 Å². The highest BCUT2D eigenvalue weighted by molar-refractivity contribution is 6.35. The molecule has 1 atom stereocenters. The SMILES string of the molecule is COc1cc(Cl)c2cc([C@H](C)C(=O)O)ccc2c1. The lowest BCUT2D eigenvalue weighted by atomic mass is 9.98. The Morgan fingerprint density at radius 3 is 2.67 bits per heavy atom. The zero-order chi connectivity index (χ0) is 13.3. The fraction of sp³-hybridized carbons (Fsp3) is 0.214. The molecule has 2 aromatic carbocycles. The monoisotopic (exact) mass is 264 g/mol. The second kappa shape index (κ2) is 4.86. The maximum Gasteiger partial charge on any atom is 0.310 e. The average molecular weight is 265 g/mol. The number of fused-ring (bicyclic) bond motifs is 1. The van der Waals surface area contributed by atoms with Crippen LogP contribution in [0.3, 0.4) is 0 Å². The number of ether oxygens (including phenoxy) is 1. The molecule has 18 heavy (non-hydrogen) atoms. The Bertz CT molecular complexity index is 607. The molecule has 0 fully saturated rings. The molecule has 4 heteroatoms. The molecular weight excluding hydrogens is 252 g/mol. The van der Waals surface area contributed by atoms with Crippen LogP contribution in [0.25, 0.3) is 10.8 Å². The van der Waals surface area contributed by atoms with Crippen molar-refractivity contribution < 1.29 is 14.6 Å². The molecular formula is C14H13ClO3. The lowest BCUT2D eigenvalue weighted by Crippen LogP contribution is -2.07.